The highest BCUT2D eigenvalue weighted by Gasteiger charge is 2.27. The van der Waals surface area contributed by atoms with Gasteiger partial charge >= 0.3 is 0 Å². The summed E-state index contributed by atoms with van der Waals surface area (Å²) in [6.45, 7) is 0.772. The van der Waals surface area contributed by atoms with Crippen LogP contribution in [-0.4, -0.2) is 23.1 Å². The van der Waals surface area contributed by atoms with Crippen LogP contribution in [0.15, 0.2) is 42.5 Å². The molecule has 0 radical (unpaired) electrons. The predicted octanol–water partition coefficient (Wildman–Crippen LogP) is 2.14. The molecule has 1 heterocycles. The van der Waals surface area contributed by atoms with E-state index in [1.54, 1.807) is 4.90 Å². The Bertz CT molecular complexity index is 628. The quantitative estimate of drug-likeness (QED) is 0.753. The number of likely N-dealkylation sites (tertiary alicyclic amines) is 1. The number of benzene rings is 2. The van der Waals surface area contributed by atoms with Gasteiger partial charge in [0.05, 0.1) is 13.0 Å². The fourth-order valence-electron chi connectivity index (χ4n) is 2.42. The zero-order chi connectivity index (χ0) is 12.5. The van der Waals surface area contributed by atoms with Crippen molar-refractivity contribution in [1.29, 1.82) is 0 Å². The SMILES string of the molecule is O=C1CC(=O)N(Cc2cccc3ccccc23)C1. The van der Waals surface area contributed by atoms with E-state index in [0.29, 0.717) is 6.54 Å². The van der Waals surface area contributed by atoms with Crippen molar-refractivity contribution < 1.29 is 9.59 Å². The van der Waals surface area contributed by atoms with Gasteiger partial charge in [-0.2, -0.15) is 0 Å². The minimum atomic E-state index is -0.0621. The molecule has 1 aliphatic rings. The average molecular weight is 239 g/mol. The van der Waals surface area contributed by atoms with E-state index >= 15 is 0 Å². The molecule has 2 aromatic carbocycles. The third-order valence-corrected chi connectivity index (χ3v) is 3.31. The van der Waals surface area contributed by atoms with Crippen molar-refractivity contribution in [3.63, 3.8) is 0 Å². The molecular formula is C15H13NO2. The molecule has 18 heavy (non-hydrogen) atoms. The molecule has 3 heteroatoms. The lowest BCUT2D eigenvalue weighted by molar-refractivity contribution is -0.128. The fraction of sp³-hybridized carbons (Fsp3) is 0.200. The lowest BCUT2D eigenvalue weighted by Gasteiger charge is -2.16. The molecule has 2 aromatic rings. The van der Waals surface area contributed by atoms with Crippen LogP contribution in [-0.2, 0) is 16.1 Å². The third-order valence-electron chi connectivity index (χ3n) is 3.31. The topological polar surface area (TPSA) is 37.4 Å². The smallest absolute Gasteiger partial charge is 0.230 e. The number of ketones is 1. The summed E-state index contributed by atoms with van der Waals surface area (Å²) < 4.78 is 0. The van der Waals surface area contributed by atoms with Crippen molar-refractivity contribution in [3.05, 3.63) is 48.0 Å². The minimum absolute atomic E-state index is 0.0141. The van der Waals surface area contributed by atoms with Gasteiger partial charge in [0.15, 0.2) is 5.78 Å². The Kier molecular flexibility index (Phi) is 2.59. The molecule has 0 unspecified atom stereocenters. The van der Waals surface area contributed by atoms with Crippen molar-refractivity contribution in [2.24, 2.45) is 0 Å². The summed E-state index contributed by atoms with van der Waals surface area (Å²) in [5, 5.41) is 2.31. The van der Waals surface area contributed by atoms with Crippen molar-refractivity contribution in [2.75, 3.05) is 6.54 Å². The largest absolute Gasteiger partial charge is 0.331 e. The van der Waals surface area contributed by atoms with Crippen LogP contribution in [0.1, 0.15) is 12.0 Å². The third kappa shape index (κ3) is 1.88. The number of hydrogen-bond acceptors (Lipinski definition) is 2. The highest BCUT2D eigenvalue weighted by molar-refractivity contribution is 6.05. The maximum Gasteiger partial charge on any atom is 0.230 e. The lowest BCUT2D eigenvalue weighted by Crippen LogP contribution is -2.24. The second-order valence-electron chi connectivity index (χ2n) is 4.60. The van der Waals surface area contributed by atoms with Crippen LogP contribution < -0.4 is 0 Å². The van der Waals surface area contributed by atoms with E-state index in [4.69, 9.17) is 0 Å². The molecule has 1 amide bonds. The first-order chi connectivity index (χ1) is 8.74. The molecule has 0 aromatic heterocycles. The lowest BCUT2D eigenvalue weighted by atomic mass is 10.0. The Morgan fingerprint density at radius 3 is 2.56 bits per heavy atom. The van der Waals surface area contributed by atoms with E-state index in [9.17, 15) is 9.59 Å². The zero-order valence-electron chi connectivity index (χ0n) is 9.93. The van der Waals surface area contributed by atoms with Crippen molar-refractivity contribution in [3.8, 4) is 0 Å². The first-order valence-corrected chi connectivity index (χ1v) is 6.00. The first kappa shape index (κ1) is 11.0. The molecule has 0 bridgehead atoms. The number of nitrogens with zero attached hydrogens (tertiary/aromatic N) is 1. The molecular weight excluding hydrogens is 226 g/mol. The van der Waals surface area contributed by atoms with Crippen LogP contribution in [0, 0.1) is 0 Å². The zero-order valence-corrected chi connectivity index (χ0v) is 9.93. The average Bonchev–Trinajstić information content (AvgIpc) is 2.68. The van der Waals surface area contributed by atoms with Crippen LogP contribution in [0.2, 0.25) is 0 Å². The number of carbonyl (C=O) groups excluding carboxylic acids is 2. The summed E-state index contributed by atoms with van der Waals surface area (Å²) >= 11 is 0. The van der Waals surface area contributed by atoms with Gasteiger partial charge in [-0.05, 0) is 16.3 Å². The molecule has 0 N–H and O–H groups in total. The van der Waals surface area contributed by atoms with Gasteiger partial charge in [0, 0.05) is 6.54 Å². The molecule has 3 nitrogen and oxygen atoms in total. The molecule has 0 aliphatic carbocycles. The van der Waals surface area contributed by atoms with Gasteiger partial charge in [0.1, 0.15) is 0 Å². The van der Waals surface area contributed by atoms with E-state index in [1.165, 1.54) is 0 Å². The van der Waals surface area contributed by atoms with Crippen LogP contribution >= 0.6 is 0 Å². The fourth-order valence-corrected chi connectivity index (χ4v) is 2.42. The standard InChI is InChI=1S/C15H13NO2/c17-13-8-15(18)16(10-13)9-12-6-3-5-11-4-1-2-7-14(11)12/h1-7H,8-10H2. The number of Topliss-reactive ketones (excluding diaryl/α,β-unsaturated/α-hetero) is 1. The summed E-state index contributed by atoms with van der Waals surface area (Å²) in [4.78, 5) is 24.5. The van der Waals surface area contributed by atoms with Crippen molar-refractivity contribution in [2.45, 2.75) is 13.0 Å². The Morgan fingerprint density at radius 1 is 1.00 bits per heavy atom. The molecule has 1 aliphatic heterocycles. The number of carbonyl (C=O) groups is 2. The Labute approximate surface area is 105 Å². The van der Waals surface area contributed by atoms with E-state index < -0.39 is 0 Å². The highest BCUT2D eigenvalue weighted by atomic mass is 16.2. The van der Waals surface area contributed by atoms with E-state index in [2.05, 4.69) is 12.1 Å². The van der Waals surface area contributed by atoms with Crippen LogP contribution in [0.5, 0.6) is 0 Å². The summed E-state index contributed by atoms with van der Waals surface area (Å²) in [5.74, 6) is -0.0480. The van der Waals surface area contributed by atoms with E-state index in [1.807, 2.05) is 30.3 Å². The monoisotopic (exact) mass is 239 g/mol. The second-order valence-corrected chi connectivity index (χ2v) is 4.60. The number of hydrogen-bond donors (Lipinski definition) is 0. The maximum atomic E-state index is 11.6. The first-order valence-electron chi connectivity index (χ1n) is 6.00. The van der Waals surface area contributed by atoms with Crippen molar-refractivity contribution in [1.82, 2.24) is 4.90 Å². The summed E-state index contributed by atoms with van der Waals surface area (Å²) in [6.07, 6.45) is 0.0603. The van der Waals surface area contributed by atoms with Crippen molar-refractivity contribution >= 4 is 22.5 Å². The molecule has 3 rings (SSSR count). The molecule has 0 atom stereocenters. The molecule has 0 saturated carbocycles. The van der Waals surface area contributed by atoms with Crippen LogP contribution in [0.25, 0.3) is 10.8 Å². The van der Waals surface area contributed by atoms with E-state index in [0.717, 1.165) is 16.3 Å². The van der Waals surface area contributed by atoms with Gasteiger partial charge in [-0.3, -0.25) is 9.59 Å². The van der Waals surface area contributed by atoms with Gasteiger partial charge in [-0.15, -0.1) is 0 Å². The Balaban J connectivity index is 1.95. The summed E-state index contributed by atoms with van der Waals surface area (Å²) in [5.41, 5.74) is 1.09. The van der Waals surface area contributed by atoms with Gasteiger partial charge in [-0.1, -0.05) is 42.5 Å². The van der Waals surface area contributed by atoms with Gasteiger partial charge < -0.3 is 4.90 Å². The number of fused-ring (bicyclic) bond motifs is 1. The van der Waals surface area contributed by atoms with Gasteiger partial charge in [-0.25, -0.2) is 0 Å². The Morgan fingerprint density at radius 2 is 1.78 bits per heavy atom. The van der Waals surface area contributed by atoms with Crippen LogP contribution in [0.3, 0.4) is 0 Å². The van der Waals surface area contributed by atoms with Crippen LogP contribution in [0.4, 0.5) is 0 Å². The molecule has 1 fully saturated rings. The van der Waals surface area contributed by atoms with E-state index in [-0.39, 0.29) is 24.7 Å². The number of rotatable bonds is 2. The van der Waals surface area contributed by atoms with Gasteiger partial charge in [0.25, 0.3) is 0 Å². The summed E-state index contributed by atoms with van der Waals surface area (Å²) in [6, 6.07) is 14.1. The predicted molar refractivity (Wildman–Crippen MR) is 69.0 cm³/mol. The highest BCUT2D eigenvalue weighted by Crippen LogP contribution is 2.21. The second kappa shape index (κ2) is 4.26. The normalized spacial score (nSPS) is 15.7. The molecule has 1 saturated heterocycles. The molecule has 0 spiro atoms. The minimum Gasteiger partial charge on any atom is -0.331 e. The Hall–Kier alpha value is -2.16. The van der Waals surface area contributed by atoms with Gasteiger partial charge in [0.2, 0.25) is 5.91 Å². The maximum absolute atomic E-state index is 11.6. The molecule has 90 valence electrons. The number of amides is 1. The summed E-state index contributed by atoms with van der Waals surface area (Å²) in [7, 11) is 0.